The minimum absolute atomic E-state index is 0.264. The highest BCUT2D eigenvalue weighted by Gasteiger charge is 2.18. The fourth-order valence-corrected chi connectivity index (χ4v) is 4.63. The summed E-state index contributed by atoms with van der Waals surface area (Å²) in [6, 6.07) is 17.6. The number of aromatic nitrogens is 2. The molecule has 0 unspecified atom stereocenters. The SMILES string of the molecule is COc1cc(C(=O)NCc2nc3ccccc3n2CCCOc2cc(C)ccc2C(C)C)cc(OC)c1OC. The van der Waals surface area contributed by atoms with Gasteiger partial charge in [-0.1, -0.05) is 38.1 Å². The zero-order chi connectivity index (χ0) is 27.9. The Kier molecular flexibility index (Phi) is 8.96. The van der Waals surface area contributed by atoms with Gasteiger partial charge in [0.25, 0.3) is 5.91 Å². The molecule has 4 rings (SSSR count). The molecular formula is C31H37N3O5. The third-order valence-corrected chi connectivity index (χ3v) is 6.64. The van der Waals surface area contributed by atoms with E-state index in [-0.39, 0.29) is 12.5 Å². The Balaban J connectivity index is 1.48. The molecule has 0 aliphatic carbocycles. The Morgan fingerprint density at radius 3 is 2.33 bits per heavy atom. The van der Waals surface area contributed by atoms with Crippen molar-refractivity contribution in [2.24, 2.45) is 0 Å². The number of hydrogen-bond acceptors (Lipinski definition) is 6. The predicted octanol–water partition coefficient (Wildman–Crippen LogP) is 5.89. The van der Waals surface area contributed by atoms with Crippen LogP contribution in [0, 0.1) is 6.92 Å². The minimum Gasteiger partial charge on any atom is -0.493 e. The summed E-state index contributed by atoms with van der Waals surface area (Å²) in [6.07, 6.45) is 0.791. The standard InChI is InChI=1S/C31H37N3O5/c1-20(2)23-13-12-21(3)16-26(23)39-15-9-14-34-25-11-8-7-10-24(25)33-29(34)19-32-31(35)22-17-27(36-4)30(38-6)28(18-22)37-5/h7-8,10-13,16-18,20H,9,14-15,19H2,1-6H3,(H,32,35). The van der Waals surface area contributed by atoms with Crippen LogP contribution in [0.25, 0.3) is 11.0 Å². The van der Waals surface area contributed by atoms with E-state index in [4.69, 9.17) is 23.9 Å². The molecule has 206 valence electrons. The van der Waals surface area contributed by atoms with Crippen molar-refractivity contribution in [1.29, 1.82) is 0 Å². The quantitative estimate of drug-likeness (QED) is 0.230. The molecule has 3 aromatic carbocycles. The van der Waals surface area contributed by atoms with E-state index in [2.05, 4.69) is 48.9 Å². The van der Waals surface area contributed by atoms with Crippen molar-refractivity contribution in [2.75, 3.05) is 27.9 Å². The van der Waals surface area contributed by atoms with E-state index in [0.29, 0.717) is 41.9 Å². The van der Waals surface area contributed by atoms with Crippen molar-refractivity contribution < 1.29 is 23.7 Å². The van der Waals surface area contributed by atoms with Crippen LogP contribution in [-0.4, -0.2) is 43.4 Å². The topological polar surface area (TPSA) is 83.8 Å². The lowest BCUT2D eigenvalue weighted by molar-refractivity contribution is 0.0948. The number of fused-ring (bicyclic) bond motifs is 1. The lowest BCUT2D eigenvalue weighted by Crippen LogP contribution is -2.25. The lowest BCUT2D eigenvalue weighted by Gasteiger charge is -2.16. The average molecular weight is 532 g/mol. The largest absolute Gasteiger partial charge is 0.493 e. The number of nitrogens with one attached hydrogen (secondary N) is 1. The molecule has 0 saturated carbocycles. The number of benzene rings is 3. The molecule has 8 nitrogen and oxygen atoms in total. The van der Waals surface area contributed by atoms with Gasteiger partial charge in [0.15, 0.2) is 11.5 Å². The number of rotatable bonds is 12. The number of carbonyl (C=O) groups excluding carboxylic acids is 1. The molecule has 0 spiro atoms. The van der Waals surface area contributed by atoms with Gasteiger partial charge in [0.2, 0.25) is 5.75 Å². The Bertz CT molecular complexity index is 1420. The van der Waals surface area contributed by atoms with Gasteiger partial charge in [-0.25, -0.2) is 4.98 Å². The summed E-state index contributed by atoms with van der Waals surface area (Å²) in [7, 11) is 4.57. The van der Waals surface area contributed by atoms with Gasteiger partial charge in [-0.15, -0.1) is 0 Å². The molecule has 1 N–H and O–H groups in total. The monoisotopic (exact) mass is 531 g/mol. The van der Waals surface area contributed by atoms with Crippen LogP contribution >= 0.6 is 0 Å². The maximum Gasteiger partial charge on any atom is 0.251 e. The second-order valence-electron chi connectivity index (χ2n) is 9.66. The van der Waals surface area contributed by atoms with Crippen LogP contribution in [-0.2, 0) is 13.1 Å². The molecule has 1 amide bonds. The van der Waals surface area contributed by atoms with Crippen molar-refractivity contribution >= 4 is 16.9 Å². The van der Waals surface area contributed by atoms with E-state index in [1.165, 1.54) is 32.5 Å². The molecular weight excluding hydrogens is 494 g/mol. The number of imidazole rings is 1. The molecule has 0 atom stereocenters. The molecule has 8 heteroatoms. The van der Waals surface area contributed by atoms with Gasteiger partial charge >= 0.3 is 0 Å². The second kappa shape index (κ2) is 12.6. The van der Waals surface area contributed by atoms with Crippen LogP contribution in [0.1, 0.15) is 53.5 Å². The van der Waals surface area contributed by atoms with Crippen molar-refractivity contribution in [3.8, 4) is 23.0 Å². The first kappa shape index (κ1) is 27.8. The third kappa shape index (κ3) is 6.28. The highest BCUT2D eigenvalue weighted by atomic mass is 16.5. The molecule has 1 heterocycles. The van der Waals surface area contributed by atoms with Gasteiger partial charge in [0, 0.05) is 12.1 Å². The number of aryl methyl sites for hydroxylation is 2. The molecule has 0 saturated heterocycles. The molecule has 4 aromatic rings. The van der Waals surface area contributed by atoms with Crippen LogP contribution in [0.15, 0.2) is 54.6 Å². The summed E-state index contributed by atoms with van der Waals surface area (Å²) in [6.45, 7) is 7.97. The number of para-hydroxylation sites is 2. The number of carbonyl (C=O) groups is 1. The molecule has 0 fully saturated rings. The molecule has 0 bridgehead atoms. The minimum atomic E-state index is -0.267. The molecule has 0 radical (unpaired) electrons. The lowest BCUT2D eigenvalue weighted by atomic mass is 10.0. The number of methoxy groups -OCH3 is 3. The van der Waals surface area contributed by atoms with Crippen LogP contribution < -0.4 is 24.3 Å². The van der Waals surface area contributed by atoms with Crippen LogP contribution in [0.3, 0.4) is 0 Å². The highest BCUT2D eigenvalue weighted by molar-refractivity contribution is 5.95. The van der Waals surface area contributed by atoms with Crippen LogP contribution in [0.2, 0.25) is 0 Å². The smallest absolute Gasteiger partial charge is 0.251 e. The Labute approximate surface area is 229 Å². The zero-order valence-electron chi connectivity index (χ0n) is 23.5. The van der Waals surface area contributed by atoms with Gasteiger partial charge in [-0.2, -0.15) is 0 Å². The van der Waals surface area contributed by atoms with Gasteiger partial charge in [0.1, 0.15) is 11.6 Å². The first-order valence-electron chi connectivity index (χ1n) is 13.1. The van der Waals surface area contributed by atoms with E-state index >= 15 is 0 Å². The Morgan fingerprint density at radius 1 is 0.949 bits per heavy atom. The fourth-order valence-electron chi connectivity index (χ4n) is 4.63. The first-order valence-corrected chi connectivity index (χ1v) is 13.1. The van der Waals surface area contributed by atoms with Crippen molar-refractivity contribution in [3.63, 3.8) is 0 Å². The molecule has 1 aromatic heterocycles. The fraction of sp³-hybridized carbons (Fsp3) is 0.355. The number of ether oxygens (including phenoxy) is 4. The zero-order valence-corrected chi connectivity index (χ0v) is 23.5. The van der Waals surface area contributed by atoms with Crippen molar-refractivity contribution in [2.45, 2.75) is 46.2 Å². The average Bonchev–Trinajstić information content (AvgIpc) is 3.30. The van der Waals surface area contributed by atoms with E-state index < -0.39 is 0 Å². The summed E-state index contributed by atoms with van der Waals surface area (Å²) in [5.74, 6) is 3.11. The van der Waals surface area contributed by atoms with Crippen molar-refractivity contribution in [1.82, 2.24) is 14.9 Å². The summed E-state index contributed by atoms with van der Waals surface area (Å²) < 4.78 is 24.5. The van der Waals surface area contributed by atoms with E-state index in [1.54, 1.807) is 12.1 Å². The van der Waals surface area contributed by atoms with Gasteiger partial charge < -0.3 is 28.8 Å². The maximum absolute atomic E-state index is 13.1. The summed E-state index contributed by atoms with van der Waals surface area (Å²) in [5.41, 5.74) is 4.70. The van der Waals surface area contributed by atoms with Gasteiger partial charge in [-0.3, -0.25) is 4.79 Å². The normalized spacial score (nSPS) is 11.1. The first-order chi connectivity index (χ1) is 18.9. The molecule has 0 aliphatic rings. The van der Waals surface area contributed by atoms with E-state index in [1.807, 2.05) is 24.3 Å². The number of hydrogen-bond donors (Lipinski definition) is 1. The number of nitrogens with zero attached hydrogens (tertiary/aromatic N) is 2. The molecule has 39 heavy (non-hydrogen) atoms. The van der Waals surface area contributed by atoms with Crippen molar-refractivity contribution in [3.05, 3.63) is 77.1 Å². The van der Waals surface area contributed by atoms with Crippen LogP contribution in [0.5, 0.6) is 23.0 Å². The van der Waals surface area contributed by atoms with E-state index in [9.17, 15) is 4.79 Å². The van der Waals surface area contributed by atoms with Gasteiger partial charge in [-0.05, 0) is 60.7 Å². The van der Waals surface area contributed by atoms with Crippen LogP contribution in [0.4, 0.5) is 0 Å². The summed E-state index contributed by atoms with van der Waals surface area (Å²) >= 11 is 0. The highest BCUT2D eigenvalue weighted by Crippen LogP contribution is 2.38. The Morgan fingerprint density at radius 2 is 1.67 bits per heavy atom. The second-order valence-corrected chi connectivity index (χ2v) is 9.66. The van der Waals surface area contributed by atoms with Gasteiger partial charge in [0.05, 0.1) is 45.5 Å². The number of amides is 1. The molecule has 0 aliphatic heterocycles. The Hall–Kier alpha value is -4.20. The summed E-state index contributed by atoms with van der Waals surface area (Å²) in [4.78, 5) is 17.9. The van der Waals surface area contributed by atoms with E-state index in [0.717, 1.165) is 29.0 Å². The third-order valence-electron chi connectivity index (χ3n) is 6.64. The maximum atomic E-state index is 13.1. The summed E-state index contributed by atoms with van der Waals surface area (Å²) in [5, 5.41) is 2.99. The predicted molar refractivity (Wildman–Crippen MR) is 152 cm³/mol.